The molecule has 4 aromatic carbocycles. The van der Waals surface area contributed by atoms with E-state index in [1.165, 1.54) is 11.1 Å². The van der Waals surface area contributed by atoms with Crippen molar-refractivity contribution in [2.45, 2.75) is 71.6 Å². The van der Waals surface area contributed by atoms with Crippen LogP contribution in [0.5, 0.6) is 0 Å². The molecule has 0 aromatic heterocycles. The first-order valence-corrected chi connectivity index (χ1v) is 13.3. The van der Waals surface area contributed by atoms with Gasteiger partial charge in [0.25, 0.3) is 0 Å². The van der Waals surface area contributed by atoms with E-state index in [0.29, 0.717) is 0 Å². The summed E-state index contributed by atoms with van der Waals surface area (Å²) in [4.78, 5) is 13.9. The Hall–Kier alpha value is -3.45. The predicted octanol–water partition coefficient (Wildman–Crippen LogP) is 9.49. The van der Waals surface area contributed by atoms with Gasteiger partial charge in [-0.25, -0.2) is 0 Å². The van der Waals surface area contributed by atoms with Crippen LogP contribution in [0.25, 0.3) is 22.3 Å². The molecule has 1 heteroatoms. The highest BCUT2D eigenvalue weighted by molar-refractivity contribution is 6.14. The van der Waals surface area contributed by atoms with Crippen molar-refractivity contribution in [1.82, 2.24) is 0 Å². The predicted molar refractivity (Wildman–Crippen MR) is 157 cm³/mol. The molecule has 4 aromatic rings. The Kier molecular flexibility index (Phi) is 5.83. The molecule has 0 aliphatic heterocycles. The van der Waals surface area contributed by atoms with Gasteiger partial charge in [-0.2, -0.15) is 0 Å². The molecule has 0 amide bonds. The van der Waals surface area contributed by atoms with Crippen LogP contribution in [0.3, 0.4) is 0 Å². The van der Waals surface area contributed by atoms with E-state index >= 15 is 0 Å². The van der Waals surface area contributed by atoms with Gasteiger partial charge in [-0.3, -0.25) is 4.79 Å². The molecule has 0 N–H and O–H groups in total. The summed E-state index contributed by atoms with van der Waals surface area (Å²) >= 11 is 0. The minimum Gasteiger partial charge on any atom is -0.289 e. The van der Waals surface area contributed by atoms with Crippen LogP contribution in [-0.4, -0.2) is 5.78 Å². The summed E-state index contributed by atoms with van der Waals surface area (Å²) in [6.45, 7) is 17.8. The lowest BCUT2D eigenvalue weighted by molar-refractivity contribution is 0.103. The number of fused-ring (bicyclic) bond motifs is 2. The molecule has 0 saturated carbocycles. The molecule has 0 saturated heterocycles. The molecule has 0 heterocycles. The van der Waals surface area contributed by atoms with E-state index in [0.717, 1.165) is 44.5 Å². The summed E-state index contributed by atoms with van der Waals surface area (Å²) < 4.78 is 0. The van der Waals surface area contributed by atoms with Gasteiger partial charge in [-0.05, 0) is 67.5 Å². The van der Waals surface area contributed by atoms with Gasteiger partial charge in [0.05, 0.1) is 0 Å². The second-order valence-electron chi connectivity index (χ2n) is 13.1. The standard InChI is InChI=1S/C36H38O/c1-34(2,3)27-15-9-23(10-16-27)25-13-19-31-29(21-25)33(37)30-22-26(14-20-32(30)36(31,7)8)24-11-17-28(18-12-24)35(4,5)6/h9-22H,1-8H3. The van der Waals surface area contributed by atoms with Crippen LogP contribution in [0.4, 0.5) is 0 Å². The molecule has 0 unspecified atom stereocenters. The number of hydrogen-bond donors (Lipinski definition) is 0. The summed E-state index contributed by atoms with van der Waals surface area (Å²) in [5.74, 6) is 0.116. The molecular formula is C36H38O. The van der Waals surface area contributed by atoms with Gasteiger partial charge in [-0.1, -0.05) is 128 Å². The second kappa shape index (κ2) is 8.55. The number of benzene rings is 4. The number of carbonyl (C=O) groups excluding carboxylic acids is 1. The van der Waals surface area contributed by atoms with E-state index in [1.807, 2.05) is 0 Å². The summed E-state index contributed by atoms with van der Waals surface area (Å²) in [5.41, 5.74) is 10.9. The fourth-order valence-electron chi connectivity index (χ4n) is 5.53. The molecule has 5 rings (SSSR count). The Balaban J connectivity index is 1.55. The molecule has 0 fully saturated rings. The van der Waals surface area contributed by atoms with Crippen LogP contribution >= 0.6 is 0 Å². The van der Waals surface area contributed by atoms with Crippen LogP contribution in [0.1, 0.15) is 93.6 Å². The maximum Gasteiger partial charge on any atom is 0.193 e. The maximum absolute atomic E-state index is 13.9. The van der Waals surface area contributed by atoms with Crippen molar-refractivity contribution in [1.29, 1.82) is 0 Å². The van der Waals surface area contributed by atoms with Crippen LogP contribution in [0.2, 0.25) is 0 Å². The third-order valence-electron chi connectivity index (χ3n) is 8.04. The van der Waals surface area contributed by atoms with Crippen molar-refractivity contribution >= 4 is 5.78 Å². The Bertz CT molecular complexity index is 1370. The van der Waals surface area contributed by atoms with Gasteiger partial charge >= 0.3 is 0 Å². The minimum absolute atomic E-state index is 0.114. The highest BCUT2D eigenvalue weighted by Gasteiger charge is 2.37. The number of ketones is 1. The van der Waals surface area contributed by atoms with Crippen LogP contribution in [-0.2, 0) is 16.2 Å². The van der Waals surface area contributed by atoms with Gasteiger partial charge < -0.3 is 0 Å². The van der Waals surface area contributed by atoms with E-state index in [9.17, 15) is 4.79 Å². The highest BCUT2D eigenvalue weighted by atomic mass is 16.1. The Morgan fingerprint density at radius 1 is 0.486 bits per heavy atom. The zero-order chi connectivity index (χ0) is 26.8. The topological polar surface area (TPSA) is 17.1 Å². The van der Waals surface area contributed by atoms with Crippen LogP contribution < -0.4 is 0 Å². The molecule has 37 heavy (non-hydrogen) atoms. The van der Waals surface area contributed by atoms with E-state index in [-0.39, 0.29) is 22.0 Å². The van der Waals surface area contributed by atoms with Crippen molar-refractivity contribution in [3.05, 3.63) is 118 Å². The monoisotopic (exact) mass is 486 g/mol. The van der Waals surface area contributed by atoms with Crippen molar-refractivity contribution in [3.63, 3.8) is 0 Å². The Labute approximate surface area is 222 Å². The third-order valence-corrected chi connectivity index (χ3v) is 8.04. The van der Waals surface area contributed by atoms with Gasteiger partial charge in [0, 0.05) is 16.5 Å². The average molecular weight is 487 g/mol. The van der Waals surface area contributed by atoms with Gasteiger partial charge in [0.2, 0.25) is 0 Å². The van der Waals surface area contributed by atoms with Crippen molar-refractivity contribution in [3.8, 4) is 22.3 Å². The van der Waals surface area contributed by atoms with Crippen LogP contribution in [0, 0.1) is 0 Å². The molecule has 0 bridgehead atoms. The lowest BCUT2D eigenvalue weighted by Crippen LogP contribution is -2.30. The molecule has 0 spiro atoms. The quantitative estimate of drug-likeness (QED) is 0.276. The number of rotatable bonds is 2. The van der Waals surface area contributed by atoms with E-state index in [2.05, 4.69) is 140 Å². The van der Waals surface area contributed by atoms with Gasteiger partial charge in [-0.15, -0.1) is 0 Å². The smallest absolute Gasteiger partial charge is 0.193 e. The lowest BCUT2D eigenvalue weighted by Gasteiger charge is -2.35. The highest BCUT2D eigenvalue weighted by Crippen LogP contribution is 2.43. The third kappa shape index (κ3) is 4.46. The molecule has 1 nitrogen and oxygen atoms in total. The van der Waals surface area contributed by atoms with E-state index < -0.39 is 0 Å². The Morgan fingerprint density at radius 2 is 0.811 bits per heavy atom. The van der Waals surface area contributed by atoms with Crippen molar-refractivity contribution in [2.75, 3.05) is 0 Å². The average Bonchev–Trinajstić information content (AvgIpc) is 2.86. The number of carbonyl (C=O) groups is 1. The minimum atomic E-state index is -0.248. The molecule has 1 aliphatic carbocycles. The molecule has 188 valence electrons. The summed E-state index contributed by atoms with van der Waals surface area (Å²) in [6, 6.07) is 30.3. The van der Waals surface area contributed by atoms with Gasteiger partial charge in [0.1, 0.15) is 0 Å². The van der Waals surface area contributed by atoms with E-state index in [4.69, 9.17) is 0 Å². The Morgan fingerprint density at radius 3 is 1.14 bits per heavy atom. The van der Waals surface area contributed by atoms with Crippen molar-refractivity contribution in [2.24, 2.45) is 0 Å². The molecule has 0 radical (unpaired) electrons. The maximum atomic E-state index is 13.9. The molecular weight excluding hydrogens is 448 g/mol. The first-order chi connectivity index (χ1) is 17.3. The first kappa shape index (κ1) is 25.2. The zero-order valence-corrected chi connectivity index (χ0v) is 23.5. The van der Waals surface area contributed by atoms with Gasteiger partial charge in [0.15, 0.2) is 5.78 Å². The molecule has 0 atom stereocenters. The lowest BCUT2D eigenvalue weighted by atomic mass is 9.67. The SMILES string of the molecule is CC(C)(C)c1ccc(-c2ccc3c(c2)C(=O)c2cc(-c4ccc(C(C)(C)C)cc4)ccc2C3(C)C)cc1. The van der Waals surface area contributed by atoms with Crippen molar-refractivity contribution < 1.29 is 4.79 Å². The zero-order valence-electron chi connectivity index (χ0n) is 23.5. The normalized spacial score (nSPS) is 14.8. The van der Waals surface area contributed by atoms with E-state index in [1.54, 1.807) is 0 Å². The fraction of sp³-hybridized carbons (Fsp3) is 0.306. The summed E-state index contributed by atoms with van der Waals surface area (Å²) in [5, 5.41) is 0. The molecule has 1 aliphatic rings. The number of hydrogen-bond acceptors (Lipinski definition) is 1. The second-order valence-corrected chi connectivity index (χ2v) is 13.1. The first-order valence-electron chi connectivity index (χ1n) is 13.3. The largest absolute Gasteiger partial charge is 0.289 e. The van der Waals surface area contributed by atoms with Crippen LogP contribution in [0.15, 0.2) is 84.9 Å². The summed E-state index contributed by atoms with van der Waals surface area (Å²) in [7, 11) is 0. The fourth-order valence-corrected chi connectivity index (χ4v) is 5.53. The summed E-state index contributed by atoms with van der Waals surface area (Å²) in [6.07, 6.45) is 0.